The van der Waals surface area contributed by atoms with Crippen LogP contribution >= 0.6 is 0 Å². The molecule has 2 atom stereocenters. The standard InChI is InChI=1S/C6H10O12S3/c7-19(8,13-1-5-3-15-20(9,10)17-5)14-2-6-4-16-21(11,12)18-6/h5-6H,1-4H2. The molecule has 21 heavy (non-hydrogen) atoms. The Labute approximate surface area is 120 Å². The molecule has 2 fully saturated rings. The molecule has 0 bridgehead atoms. The Morgan fingerprint density at radius 2 is 1.24 bits per heavy atom. The average molecular weight is 370 g/mol. The van der Waals surface area contributed by atoms with E-state index in [9.17, 15) is 25.3 Å². The first-order chi connectivity index (χ1) is 9.57. The highest BCUT2D eigenvalue weighted by atomic mass is 32.3. The Bertz CT molecular complexity index is 621. The zero-order valence-electron chi connectivity index (χ0n) is 10.1. The Hall–Kier alpha value is -0.390. The normalized spacial score (nSPS) is 31.4. The molecule has 0 spiro atoms. The van der Waals surface area contributed by atoms with Crippen molar-refractivity contribution in [1.29, 1.82) is 0 Å². The predicted molar refractivity (Wildman–Crippen MR) is 60.3 cm³/mol. The van der Waals surface area contributed by atoms with E-state index in [1.54, 1.807) is 0 Å². The summed E-state index contributed by atoms with van der Waals surface area (Å²) in [4.78, 5) is 0. The molecule has 0 radical (unpaired) electrons. The van der Waals surface area contributed by atoms with Gasteiger partial charge >= 0.3 is 31.2 Å². The van der Waals surface area contributed by atoms with E-state index < -0.39 is 69.8 Å². The van der Waals surface area contributed by atoms with E-state index in [-0.39, 0.29) is 0 Å². The fourth-order valence-electron chi connectivity index (χ4n) is 1.27. The number of rotatable bonds is 6. The highest BCUT2D eigenvalue weighted by molar-refractivity contribution is 7.82. The van der Waals surface area contributed by atoms with E-state index in [2.05, 4.69) is 25.1 Å². The van der Waals surface area contributed by atoms with Gasteiger partial charge in [-0.3, -0.25) is 0 Å². The molecule has 0 aromatic heterocycles. The van der Waals surface area contributed by atoms with Crippen LogP contribution in [-0.2, 0) is 56.3 Å². The second kappa shape index (κ2) is 6.01. The predicted octanol–water partition coefficient (Wildman–Crippen LogP) is -2.42. The third-order valence-electron chi connectivity index (χ3n) is 2.10. The second-order valence-corrected chi connectivity index (χ2v) is 7.58. The first-order valence-electron chi connectivity index (χ1n) is 5.26. The van der Waals surface area contributed by atoms with Gasteiger partial charge in [0, 0.05) is 0 Å². The minimum atomic E-state index is -4.49. The molecule has 2 unspecified atom stereocenters. The van der Waals surface area contributed by atoms with Gasteiger partial charge in [-0.15, -0.1) is 0 Å². The van der Waals surface area contributed by atoms with Gasteiger partial charge in [0.2, 0.25) is 0 Å². The van der Waals surface area contributed by atoms with Gasteiger partial charge in [-0.05, 0) is 0 Å². The number of hydrogen-bond donors (Lipinski definition) is 0. The van der Waals surface area contributed by atoms with Gasteiger partial charge < -0.3 is 0 Å². The molecule has 2 rings (SSSR count). The molecule has 12 nitrogen and oxygen atoms in total. The van der Waals surface area contributed by atoms with Gasteiger partial charge in [0.05, 0.1) is 26.4 Å². The van der Waals surface area contributed by atoms with Crippen molar-refractivity contribution in [3.8, 4) is 0 Å². The molecule has 0 N–H and O–H groups in total. The van der Waals surface area contributed by atoms with E-state index in [1.165, 1.54) is 0 Å². The summed E-state index contributed by atoms with van der Waals surface area (Å²) >= 11 is 0. The van der Waals surface area contributed by atoms with Gasteiger partial charge in [0.25, 0.3) is 0 Å². The lowest BCUT2D eigenvalue weighted by molar-refractivity contribution is 0.107. The quantitative estimate of drug-likeness (QED) is 0.488. The monoisotopic (exact) mass is 370 g/mol. The molecule has 2 aliphatic heterocycles. The molecule has 0 aliphatic carbocycles. The summed E-state index contributed by atoms with van der Waals surface area (Å²) in [5, 5.41) is 0. The van der Waals surface area contributed by atoms with Crippen LogP contribution in [0.3, 0.4) is 0 Å². The lowest BCUT2D eigenvalue weighted by Crippen LogP contribution is -2.25. The second-order valence-electron chi connectivity index (χ2n) is 3.80. The largest absolute Gasteiger partial charge is 0.400 e. The summed E-state index contributed by atoms with van der Waals surface area (Å²) in [7, 11) is -12.7. The minimum absolute atomic E-state index is 0.393. The van der Waals surface area contributed by atoms with Crippen LogP contribution in [0.4, 0.5) is 0 Å². The summed E-state index contributed by atoms with van der Waals surface area (Å²) in [6.45, 7) is -2.09. The van der Waals surface area contributed by atoms with Crippen molar-refractivity contribution in [3.63, 3.8) is 0 Å². The van der Waals surface area contributed by atoms with E-state index in [4.69, 9.17) is 0 Å². The molecule has 2 aliphatic rings. The van der Waals surface area contributed by atoms with Gasteiger partial charge in [-0.25, -0.2) is 25.1 Å². The van der Waals surface area contributed by atoms with E-state index in [1.807, 2.05) is 0 Å². The minimum Gasteiger partial charge on any atom is -0.245 e. The van der Waals surface area contributed by atoms with E-state index >= 15 is 0 Å². The maximum absolute atomic E-state index is 11.3. The molecule has 2 saturated heterocycles. The van der Waals surface area contributed by atoms with Gasteiger partial charge in [-0.1, -0.05) is 0 Å². The van der Waals surface area contributed by atoms with Gasteiger partial charge in [0.1, 0.15) is 12.2 Å². The van der Waals surface area contributed by atoms with E-state index in [0.29, 0.717) is 0 Å². The highest BCUT2D eigenvalue weighted by Crippen LogP contribution is 2.16. The van der Waals surface area contributed by atoms with Crippen LogP contribution in [-0.4, -0.2) is 63.9 Å². The van der Waals surface area contributed by atoms with Crippen molar-refractivity contribution in [2.75, 3.05) is 26.4 Å². The fourth-order valence-corrected chi connectivity index (χ4v) is 3.61. The molecule has 2 heterocycles. The van der Waals surface area contributed by atoms with E-state index in [0.717, 1.165) is 0 Å². The molecular weight excluding hydrogens is 360 g/mol. The molecule has 124 valence electrons. The number of hydrogen-bond acceptors (Lipinski definition) is 12. The zero-order chi connectivity index (χ0) is 15.7. The van der Waals surface area contributed by atoms with Crippen molar-refractivity contribution in [2.45, 2.75) is 12.2 Å². The molecule has 0 aromatic carbocycles. The average Bonchev–Trinajstić information content (AvgIpc) is 2.87. The van der Waals surface area contributed by atoms with Crippen LogP contribution in [0.5, 0.6) is 0 Å². The van der Waals surface area contributed by atoms with Crippen molar-refractivity contribution in [2.24, 2.45) is 0 Å². The van der Waals surface area contributed by atoms with Crippen molar-refractivity contribution < 1.29 is 50.4 Å². The summed E-state index contributed by atoms with van der Waals surface area (Å²) in [5.74, 6) is 0. The Morgan fingerprint density at radius 3 is 1.52 bits per heavy atom. The fraction of sp³-hybridized carbons (Fsp3) is 1.00. The smallest absolute Gasteiger partial charge is 0.245 e. The van der Waals surface area contributed by atoms with Crippen LogP contribution in [0.15, 0.2) is 0 Å². The maximum Gasteiger partial charge on any atom is 0.400 e. The lowest BCUT2D eigenvalue weighted by Gasteiger charge is -2.09. The van der Waals surface area contributed by atoms with Gasteiger partial charge in [0.15, 0.2) is 0 Å². The Kier molecular flexibility index (Phi) is 4.86. The lowest BCUT2D eigenvalue weighted by atomic mass is 10.4. The van der Waals surface area contributed by atoms with Crippen molar-refractivity contribution >= 4 is 31.2 Å². The van der Waals surface area contributed by atoms with Crippen LogP contribution in [0.1, 0.15) is 0 Å². The first-order valence-corrected chi connectivity index (χ1v) is 9.26. The van der Waals surface area contributed by atoms with Crippen molar-refractivity contribution in [3.05, 3.63) is 0 Å². The zero-order valence-corrected chi connectivity index (χ0v) is 12.6. The SMILES string of the molecule is O=S(=O)(OCC1COS(=O)(=O)O1)OCC1COS(=O)(=O)O1. The summed E-state index contributed by atoms with van der Waals surface area (Å²) in [5.41, 5.74) is 0. The van der Waals surface area contributed by atoms with Crippen LogP contribution in [0, 0.1) is 0 Å². The van der Waals surface area contributed by atoms with Crippen molar-refractivity contribution in [1.82, 2.24) is 0 Å². The summed E-state index contributed by atoms with van der Waals surface area (Å²) < 4.78 is 91.5. The van der Waals surface area contributed by atoms with Crippen LogP contribution in [0.25, 0.3) is 0 Å². The molecular formula is C6H10O12S3. The molecule has 0 saturated carbocycles. The summed E-state index contributed by atoms with van der Waals surface area (Å²) in [6.07, 6.45) is -2.25. The van der Waals surface area contributed by atoms with Crippen LogP contribution < -0.4 is 0 Å². The topological polar surface area (TPSA) is 158 Å². The first kappa shape index (κ1) is 17.0. The third-order valence-corrected chi connectivity index (χ3v) is 4.82. The third kappa shape index (κ3) is 5.38. The molecule has 0 amide bonds. The highest BCUT2D eigenvalue weighted by Gasteiger charge is 2.34. The molecule has 0 aromatic rings. The summed E-state index contributed by atoms with van der Waals surface area (Å²) in [6, 6.07) is 0. The molecule has 15 heteroatoms. The Morgan fingerprint density at radius 1 is 0.857 bits per heavy atom. The maximum atomic E-state index is 11.3. The van der Waals surface area contributed by atoms with Crippen LogP contribution in [0.2, 0.25) is 0 Å². The van der Waals surface area contributed by atoms with Gasteiger partial charge in [-0.2, -0.15) is 25.3 Å². The Balaban J connectivity index is 1.75.